The van der Waals surface area contributed by atoms with Crippen LogP contribution in [-0.4, -0.2) is 30.1 Å². The number of hydrogen-bond donors (Lipinski definition) is 0. The molecule has 0 saturated carbocycles. The van der Waals surface area contributed by atoms with E-state index in [9.17, 15) is 0 Å². The monoisotopic (exact) mass is 137 g/mol. The average Bonchev–Trinajstić information content (AvgIpc) is 1.87. The highest BCUT2D eigenvalue weighted by Gasteiger charge is 2.29. The van der Waals surface area contributed by atoms with Crippen molar-refractivity contribution in [1.29, 1.82) is 0 Å². The summed E-state index contributed by atoms with van der Waals surface area (Å²) in [5.74, 6) is 0. The maximum absolute atomic E-state index is 4.93. The van der Waals surface area contributed by atoms with Crippen LogP contribution in [0.1, 0.15) is 1.43 Å². The second kappa shape index (κ2) is 3.19. The number of rotatable bonds is 3. The molecule has 0 amide bonds. The van der Waals surface area contributed by atoms with Crippen LogP contribution in [0.15, 0.2) is 0 Å². The Hall–Kier alpha value is 0.0969. The Balaban J connectivity index is 0. The van der Waals surface area contributed by atoms with Crippen LogP contribution in [0.4, 0.5) is 0 Å². The molecule has 0 unspecified atom stereocenters. The van der Waals surface area contributed by atoms with Crippen molar-refractivity contribution in [2.24, 2.45) is 0 Å². The second-order valence-electron chi connectivity index (χ2n) is 1.47. The van der Waals surface area contributed by atoms with Crippen LogP contribution in [0.5, 0.6) is 0 Å². The minimum absolute atomic E-state index is 0. The third-order valence-electron chi connectivity index (χ3n) is 1.11. The van der Waals surface area contributed by atoms with E-state index in [0.29, 0.717) is 0 Å². The molecule has 0 heterocycles. The maximum Gasteiger partial charge on any atom is 1.00 e. The van der Waals surface area contributed by atoms with Gasteiger partial charge in [0, 0.05) is 27.9 Å². The van der Waals surface area contributed by atoms with Crippen molar-refractivity contribution in [3.05, 3.63) is 0 Å². The lowest BCUT2D eigenvalue weighted by Crippen LogP contribution is -2.38. The van der Waals surface area contributed by atoms with E-state index in [2.05, 4.69) is 0 Å². The van der Waals surface area contributed by atoms with Gasteiger partial charge in [-0.05, 0) is 0 Å². The predicted molar refractivity (Wildman–Crippen MR) is 33.8 cm³/mol. The fraction of sp³-hybridized carbons (Fsp3) is 1.00. The Morgan fingerprint density at radius 3 is 1.25 bits per heavy atom. The summed E-state index contributed by atoms with van der Waals surface area (Å²) in [6, 6.07) is 0. The highest BCUT2D eigenvalue weighted by molar-refractivity contribution is 6.58. The van der Waals surface area contributed by atoms with Gasteiger partial charge in [-0.15, -0.1) is 0 Å². The first-order valence-electron chi connectivity index (χ1n) is 2.34. The fourth-order valence-corrected chi connectivity index (χ4v) is 0.750. The van der Waals surface area contributed by atoms with Crippen molar-refractivity contribution in [3.8, 4) is 0 Å². The smallest absolute Gasteiger partial charge is 0.377 e. The minimum atomic E-state index is -2.17. The summed E-state index contributed by atoms with van der Waals surface area (Å²) in [4.78, 5) is 0. The van der Waals surface area contributed by atoms with E-state index in [1.807, 2.05) is 6.55 Å². The molecule has 8 heavy (non-hydrogen) atoms. The molecule has 0 atom stereocenters. The summed E-state index contributed by atoms with van der Waals surface area (Å²) < 4.78 is 14.8. The summed E-state index contributed by atoms with van der Waals surface area (Å²) in [5, 5.41) is 0. The largest absolute Gasteiger partial charge is 1.00 e. The molecule has 0 bridgehead atoms. The lowest BCUT2D eigenvalue weighted by Gasteiger charge is -2.18. The Bertz CT molecular complexity index is 58.6. The SMILES string of the molecule is CO[Si](C)(OC)OC.[H+]. The molecular formula is C4H13O3Si+. The molecule has 0 aromatic rings. The molecular weight excluding hydrogens is 124 g/mol. The minimum Gasteiger partial charge on any atom is -0.377 e. The van der Waals surface area contributed by atoms with Gasteiger partial charge in [0.05, 0.1) is 0 Å². The average molecular weight is 137 g/mol. The Morgan fingerprint density at radius 1 is 1.00 bits per heavy atom. The third kappa shape index (κ3) is 1.91. The predicted octanol–water partition coefficient (Wildman–Crippen LogP) is 0.607. The zero-order chi connectivity index (χ0) is 6.62. The van der Waals surface area contributed by atoms with E-state index in [4.69, 9.17) is 13.3 Å². The molecule has 0 aliphatic heterocycles. The van der Waals surface area contributed by atoms with Crippen molar-refractivity contribution >= 4 is 8.80 Å². The summed E-state index contributed by atoms with van der Waals surface area (Å²) in [5.41, 5.74) is 0. The van der Waals surface area contributed by atoms with Gasteiger partial charge in [-0.3, -0.25) is 0 Å². The Labute approximate surface area is 52.4 Å². The highest BCUT2D eigenvalue weighted by Crippen LogP contribution is 2.02. The summed E-state index contributed by atoms with van der Waals surface area (Å²) in [6.07, 6.45) is 0. The molecule has 0 N–H and O–H groups in total. The molecule has 3 nitrogen and oxygen atoms in total. The van der Waals surface area contributed by atoms with Crippen LogP contribution in [0.25, 0.3) is 0 Å². The van der Waals surface area contributed by atoms with Crippen molar-refractivity contribution in [3.63, 3.8) is 0 Å². The van der Waals surface area contributed by atoms with Crippen molar-refractivity contribution in [2.45, 2.75) is 6.55 Å². The maximum atomic E-state index is 4.93. The van der Waals surface area contributed by atoms with Gasteiger partial charge in [-0.25, -0.2) is 0 Å². The Morgan fingerprint density at radius 2 is 1.25 bits per heavy atom. The molecule has 0 aliphatic rings. The van der Waals surface area contributed by atoms with Gasteiger partial charge < -0.3 is 13.3 Å². The molecule has 0 fully saturated rings. The summed E-state index contributed by atoms with van der Waals surface area (Å²) in [6.45, 7) is 1.83. The molecule has 0 radical (unpaired) electrons. The van der Waals surface area contributed by atoms with Gasteiger partial charge in [0.25, 0.3) is 0 Å². The topological polar surface area (TPSA) is 27.7 Å². The van der Waals surface area contributed by atoms with Crippen LogP contribution in [0.2, 0.25) is 6.55 Å². The van der Waals surface area contributed by atoms with Crippen LogP contribution in [0.3, 0.4) is 0 Å². The van der Waals surface area contributed by atoms with Gasteiger partial charge >= 0.3 is 10.2 Å². The molecule has 0 aromatic carbocycles. The van der Waals surface area contributed by atoms with Crippen molar-refractivity contribution in [1.82, 2.24) is 0 Å². The zero-order valence-electron chi connectivity index (χ0n) is 6.72. The quantitative estimate of drug-likeness (QED) is 0.533. The van der Waals surface area contributed by atoms with Gasteiger partial charge in [-0.1, -0.05) is 0 Å². The van der Waals surface area contributed by atoms with E-state index < -0.39 is 8.80 Å². The van der Waals surface area contributed by atoms with Gasteiger partial charge in [0.2, 0.25) is 0 Å². The van der Waals surface area contributed by atoms with Crippen LogP contribution >= 0.6 is 0 Å². The van der Waals surface area contributed by atoms with Crippen molar-refractivity contribution in [2.75, 3.05) is 21.3 Å². The van der Waals surface area contributed by atoms with E-state index >= 15 is 0 Å². The van der Waals surface area contributed by atoms with E-state index in [-0.39, 0.29) is 1.43 Å². The summed E-state index contributed by atoms with van der Waals surface area (Å²) >= 11 is 0. The van der Waals surface area contributed by atoms with E-state index in [1.54, 1.807) is 21.3 Å². The summed E-state index contributed by atoms with van der Waals surface area (Å²) in [7, 11) is 2.58. The normalized spacial score (nSPS) is 12.0. The molecule has 0 saturated heterocycles. The third-order valence-corrected chi connectivity index (χ3v) is 3.34. The first kappa shape index (κ1) is 8.10. The second-order valence-corrected chi connectivity index (χ2v) is 4.42. The molecule has 4 heteroatoms. The van der Waals surface area contributed by atoms with Crippen LogP contribution < -0.4 is 0 Å². The first-order valence-corrected chi connectivity index (χ1v) is 4.56. The van der Waals surface area contributed by atoms with Crippen LogP contribution in [-0.2, 0) is 13.3 Å². The molecule has 0 aromatic heterocycles. The van der Waals surface area contributed by atoms with Gasteiger partial charge in [0.15, 0.2) is 0 Å². The molecule has 50 valence electrons. The standard InChI is InChI=1S/C4H12O3Si/c1-5-8(4,6-2)7-3/h1-4H3/p+1. The van der Waals surface area contributed by atoms with Crippen LogP contribution in [0, 0.1) is 0 Å². The first-order chi connectivity index (χ1) is 3.68. The van der Waals surface area contributed by atoms with Gasteiger partial charge in [0.1, 0.15) is 0 Å². The van der Waals surface area contributed by atoms with Crippen molar-refractivity contribution < 1.29 is 14.7 Å². The lowest BCUT2D eigenvalue weighted by atomic mass is 11.8. The number of hydrogen-bond acceptors (Lipinski definition) is 3. The Kier molecular flexibility index (Phi) is 3.23. The highest BCUT2D eigenvalue weighted by atomic mass is 28.4. The van der Waals surface area contributed by atoms with E-state index in [0.717, 1.165) is 0 Å². The molecule has 0 rings (SSSR count). The lowest BCUT2D eigenvalue weighted by molar-refractivity contribution is 0.132. The molecule has 0 aliphatic carbocycles. The van der Waals surface area contributed by atoms with Gasteiger partial charge in [-0.2, -0.15) is 0 Å². The van der Waals surface area contributed by atoms with E-state index in [1.165, 1.54) is 0 Å². The molecule has 0 spiro atoms. The zero-order valence-corrected chi connectivity index (χ0v) is 6.72. The fourth-order valence-electron chi connectivity index (χ4n) is 0.250.